The lowest BCUT2D eigenvalue weighted by atomic mass is 10.3. The predicted octanol–water partition coefficient (Wildman–Crippen LogP) is 4.84. The van der Waals surface area contributed by atoms with E-state index in [-0.39, 0.29) is 22.3 Å². The van der Waals surface area contributed by atoms with Crippen LogP contribution >= 0.6 is 23.4 Å². The minimum Gasteiger partial charge on any atom is -0.480 e. The molecule has 0 bridgehead atoms. The van der Waals surface area contributed by atoms with Gasteiger partial charge in [-0.15, -0.1) is 0 Å². The second-order valence-electron chi connectivity index (χ2n) is 5.97. The highest BCUT2D eigenvalue weighted by Gasteiger charge is 2.18. The maximum Gasteiger partial charge on any atom is 0.343 e. The molecule has 0 heterocycles. The Balaban J connectivity index is 1.80. The van der Waals surface area contributed by atoms with Gasteiger partial charge in [-0.1, -0.05) is 53.7 Å². The third kappa shape index (κ3) is 5.69. The van der Waals surface area contributed by atoms with Crippen molar-refractivity contribution >= 4 is 45.0 Å². The summed E-state index contributed by atoms with van der Waals surface area (Å²) in [7, 11) is -2.66. The first-order chi connectivity index (χ1) is 14.4. The lowest BCUT2D eigenvalue weighted by molar-refractivity contribution is -0.142. The van der Waals surface area contributed by atoms with Gasteiger partial charge in [0.1, 0.15) is 5.75 Å². The normalized spacial score (nSPS) is 11.0. The number of carbonyl (C=O) groups is 1. The van der Waals surface area contributed by atoms with Crippen LogP contribution in [0.25, 0.3) is 0 Å². The number of ether oxygens (including phenoxy) is 2. The van der Waals surface area contributed by atoms with Gasteiger partial charge in [-0.3, -0.25) is 4.72 Å². The highest BCUT2D eigenvalue weighted by molar-refractivity contribution is 7.99. The first kappa shape index (κ1) is 22.0. The van der Waals surface area contributed by atoms with Crippen LogP contribution in [0.2, 0.25) is 5.02 Å². The van der Waals surface area contributed by atoms with Crippen LogP contribution in [0.15, 0.2) is 87.5 Å². The Kier molecular flexibility index (Phi) is 7.25. The predicted molar refractivity (Wildman–Crippen MR) is 117 cm³/mol. The lowest BCUT2D eigenvalue weighted by Crippen LogP contribution is -2.14. The summed E-state index contributed by atoms with van der Waals surface area (Å²) < 4.78 is 38.1. The number of rotatable bonds is 8. The summed E-state index contributed by atoms with van der Waals surface area (Å²) in [5, 5.41) is 0.0636. The number of carbonyl (C=O) groups excluding carboxylic acids is 1. The van der Waals surface area contributed by atoms with Crippen LogP contribution in [0.5, 0.6) is 5.75 Å². The summed E-state index contributed by atoms with van der Waals surface area (Å²) in [5.74, 6) is -0.391. The molecule has 30 heavy (non-hydrogen) atoms. The van der Waals surface area contributed by atoms with Gasteiger partial charge in [-0.05, 0) is 42.5 Å². The number of benzene rings is 3. The topological polar surface area (TPSA) is 81.7 Å². The number of nitrogens with one attached hydrogen (secondary N) is 1. The van der Waals surface area contributed by atoms with Gasteiger partial charge in [0.05, 0.1) is 22.7 Å². The minimum atomic E-state index is -3.90. The molecule has 0 fully saturated rings. The van der Waals surface area contributed by atoms with E-state index in [1.807, 2.05) is 42.5 Å². The van der Waals surface area contributed by atoms with E-state index in [2.05, 4.69) is 9.46 Å². The van der Waals surface area contributed by atoms with E-state index in [0.29, 0.717) is 5.69 Å². The van der Waals surface area contributed by atoms with E-state index < -0.39 is 16.0 Å². The monoisotopic (exact) mass is 463 g/mol. The van der Waals surface area contributed by atoms with Crippen LogP contribution in [0.1, 0.15) is 0 Å². The van der Waals surface area contributed by atoms with Crippen LogP contribution in [-0.4, -0.2) is 28.1 Å². The quantitative estimate of drug-likeness (QED) is 0.481. The molecule has 0 radical (unpaired) electrons. The van der Waals surface area contributed by atoms with Gasteiger partial charge in [-0.2, -0.15) is 0 Å². The molecule has 0 atom stereocenters. The van der Waals surface area contributed by atoms with Crippen molar-refractivity contribution in [2.45, 2.75) is 14.7 Å². The Hall–Kier alpha value is -2.68. The summed E-state index contributed by atoms with van der Waals surface area (Å²) in [4.78, 5) is 12.9. The molecule has 3 rings (SSSR count). The average molecular weight is 464 g/mol. The zero-order valence-corrected chi connectivity index (χ0v) is 18.3. The summed E-state index contributed by atoms with van der Waals surface area (Å²) in [6.45, 7) is -0.329. The number of hydrogen-bond donors (Lipinski definition) is 1. The number of sulfonamides is 1. The smallest absolute Gasteiger partial charge is 0.343 e. The number of halogens is 1. The Morgan fingerprint density at radius 3 is 2.43 bits per heavy atom. The van der Waals surface area contributed by atoms with E-state index in [4.69, 9.17) is 16.3 Å². The van der Waals surface area contributed by atoms with Crippen molar-refractivity contribution in [3.63, 3.8) is 0 Å². The lowest BCUT2D eigenvalue weighted by Gasteiger charge is -2.13. The number of hydrogen-bond acceptors (Lipinski definition) is 6. The average Bonchev–Trinajstić information content (AvgIpc) is 2.74. The molecule has 0 spiro atoms. The molecule has 1 N–H and O–H groups in total. The van der Waals surface area contributed by atoms with Crippen molar-refractivity contribution in [3.8, 4) is 5.75 Å². The molecule has 0 aliphatic carbocycles. The fourth-order valence-corrected chi connectivity index (χ4v) is 4.81. The Morgan fingerprint density at radius 2 is 1.73 bits per heavy atom. The summed E-state index contributed by atoms with van der Waals surface area (Å²) in [6.07, 6.45) is 0. The van der Waals surface area contributed by atoms with Crippen LogP contribution in [0.3, 0.4) is 0 Å². The maximum atomic E-state index is 12.9. The first-order valence-electron chi connectivity index (χ1n) is 8.73. The molecule has 0 saturated heterocycles. The van der Waals surface area contributed by atoms with Crippen molar-refractivity contribution in [2.24, 2.45) is 0 Å². The fourth-order valence-electron chi connectivity index (χ4n) is 2.42. The molecule has 156 valence electrons. The standard InChI is InChI=1S/C21H18ClNO5S2/c1-27-21(24)14-28-19-12-11-16(13-17(19)22)30(25,26)23-18-9-5-6-10-20(18)29-15-7-3-2-4-8-15/h2-13,23H,14H2,1H3. The molecular weight excluding hydrogens is 446 g/mol. The maximum absolute atomic E-state index is 12.9. The van der Waals surface area contributed by atoms with Crippen LogP contribution in [0, 0.1) is 0 Å². The summed E-state index contributed by atoms with van der Waals surface area (Å²) in [5.41, 5.74) is 0.452. The SMILES string of the molecule is COC(=O)COc1ccc(S(=O)(=O)Nc2ccccc2Sc2ccccc2)cc1Cl. The molecular formula is C21H18ClNO5S2. The highest BCUT2D eigenvalue weighted by Crippen LogP contribution is 2.35. The van der Waals surface area contributed by atoms with Crippen molar-refractivity contribution in [2.75, 3.05) is 18.4 Å². The van der Waals surface area contributed by atoms with Gasteiger partial charge in [0, 0.05) is 9.79 Å². The second kappa shape index (κ2) is 9.88. The number of para-hydroxylation sites is 1. The Morgan fingerprint density at radius 1 is 1.03 bits per heavy atom. The molecule has 0 aromatic heterocycles. The van der Waals surface area contributed by atoms with Crippen LogP contribution < -0.4 is 9.46 Å². The molecule has 0 saturated carbocycles. The Bertz CT molecular complexity index is 1140. The summed E-state index contributed by atoms with van der Waals surface area (Å²) >= 11 is 7.58. The van der Waals surface area contributed by atoms with E-state index in [1.165, 1.54) is 37.1 Å². The minimum absolute atomic E-state index is 0.0302. The number of methoxy groups -OCH3 is 1. The number of esters is 1. The van der Waals surface area contributed by atoms with Gasteiger partial charge >= 0.3 is 5.97 Å². The molecule has 0 aliphatic rings. The molecule has 3 aromatic rings. The molecule has 9 heteroatoms. The van der Waals surface area contributed by atoms with Crippen molar-refractivity contribution in [1.82, 2.24) is 0 Å². The van der Waals surface area contributed by atoms with Crippen molar-refractivity contribution in [1.29, 1.82) is 0 Å². The highest BCUT2D eigenvalue weighted by atomic mass is 35.5. The number of anilines is 1. The van der Waals surface area contributed by atoms with E-state index in [1.54, 1.807) is 12.1 Å². The zero-order valence-electron chi connectivity index (χ0n) is 15.9. The molecule has 6 nitrogen and oxygen atoms in total. The molecule has 0 aliphatic heterocycles. The van der Waals surface area contributed by atoms with Crippen LogP contribution in [-0.2, 0) is 19.6 Å². The van der Waals surface area contributed by atoms with Crippen LogP contribution in [0.4, 0.5) is 5.69 Å². The third-order valence-corrected chi connectivity index (χ3v) is 6.63. The van der Waals surface area contributed by atoms with E-state index >= 15 is 0 Å². The van der Waals surface area contributed by atoms with Crippen molar-refractivity contribution < 1.29 is 22.7 Å². The van der Waals surface area contributed by atoms with E-state index in [0.717, 1.165) is 9.79 Å². The van der Waals surface area contributed by atoms with Gasteiger partial charge in [0.2, 0.25) is 0 Å². The molecule has 3 aromatic carbocycles. The molecule has 0 unspecified atom stereocenters. The second-order valence-corrected chi connectivity index (χ2v) is 9.18. The van der Waals surface area contributed by atoms with Gasteiger partial charge < -0.3 is 9.47 Å². The van der Waals surface area contributed by atoms with Gasteiger partial charge in [0.15, 0.2) is 6.61 Å². The van der Waals surface area contributed by atoms with Crippen molar-refractivity contribution in [3.05, 3.63) is 77.8 Å². The van der Waals surface area contributed by atoms with Gasteiger partial charge in [0.25, 0.3) is 10.0 Å². The largest absolute Gasteiger partial charge is 0.480 e. The zero-order chi connectivity index (χ0) is 21.6. The van der Waals surface area contributed by atoms with E-state index in [9.17, 15) is 13.2 Å². The fraction of sp³-hybridized carbons (Fsp3) is 0.0952. The first-order valence-corrected chi connectivity index (χ1v) is 11.4. The third-order valence-electron chi connectivity index (χ3n) is 3.89. The molecule has 0 amide bonds. The summed E-state index contributed by atoms with van der Waals surface area (Å²) in [6, 6.07) is 20.8. The van der Waals surface area contributed by atoms with Gasteiger partial charge in [-0.25, -0.2) is 13.2 Å². The Labute approximate surface area is 184 Å².